The zero-order valence-corrected chi connectivity index (χ0v) is 5.70. The molecule has 0 aromatic heterocycles. The first-order chi connectivity index (χ1) is 3.72. The summed E-state index contributed by atoms with van der Waals surface area (Å²) in [6, 6.07) is 0.238. The molecule has 1 atom stereocenters. The van der Waals surface area contributed by atoms with Gasteiger partial charge in [-0.15, -0.1) is 0 Å². The monoisotopic (exact) mass is 131 g/mol. The van der Waals surface area contributed by atoms with Crippen LogP contribution in [0.25, 0.3) is 0 Å². The Labute approximate surface area is 54.5 Å². The highest BCUT2D eigenvalue weighted by molar-refractivity contribution is 6.30. The summed E-state index contributed by atoms with van der Waals surface area (Å²) >= 11 is 5.76. The van der Waals surface area contributed by atoms with Gasteiger partial charge in [0.25, 0.3) is 0 Å². The van der Waals surface area contributed by atoms with E-state index in [1.807, 2.05) is 6.92 Å². The van der Waals surface area contributed by atoms with Crippen molar-refractivity contribution in [3.63, 3.8) is 0 Å². The van der Waals surface area contributed by atoms with Crippen LogP contribution in [0.1, 0.15) is 19.8 Å². The van der Waals surface area contributed by atoms with Gasteiger partial charge in [-0.05, 0) is 25.3 Å². The molecule has 1 aliphatic rings. The third-order valence-corrected chi connectivity index (χ3v) is 2.15. The van der Waals surface area contributed by atoms with Crippen molar-refractivity contribution in [2.24, 2.45) is 5.73 Å². The Balaban J connectivity index is 2.71. The van der Waals surface area contributed by atoms with Gasteiger partial charge in [-0.2, -0.15) is 0 Å². The molecule has 0 spiro atoms. The first kappa shape index (κ1) is 6.12. The van der Waals surface area contributed by atoms with Crippen molar-refractivity contribution in [2.45, 2.75) is 25.8 Å². The number of rotatable bonds is 0. The summed E-state index contributed by atoms with van der Waals surface area (Å²) in [7, 11) is 0. The van der Waals surface area contributed by atoms with Crippen molar-refractivity contribution in [3.8, 4) is 0 Å². The molecule has 0 heterocycles. The van der Waals surface area contributed by atoms with Crippen molar-refractivity contribution in [3.05, 3.63) is 10.6 Å². The predicted octanol–water partition coefficient (Wildman–Crippen LogP) is 1.62. The van der Waals surface area contributed by atoms with Crippen molar-refractivity contribution in [1.82, 2.24) is 0 Å². The summed E-state index contributed by atoms with van der Waals surface area (Å²) in [6.45, 7) is 2.00. The zero-order valence-electron chi connectivity index (χ0n) is 4.95. The van der Waals surface area contributed by atoms with Gasteiger partial charge >= 0.3 is 0 Å². The van der Waals surface area contributed by atoms with Gasteiger partial charge in [0, 0.05) is 11.1 Å². The summed E-state index contributed by atoms with van der Waals surface area (Å²) in [4.78, 5) is 0. The maximum atomic E-state index is 5.76. The molecule has 1 unspecified atom stereocenters. The van der Waals surface area contributed by atoms with Crippen LogP contribution in [0.3, 0.4) is 0 Å². The average Bonchev–Trinajstić information content (AvgIpc) is 1.98. The fourth-order valence-corrected chi connectivity index (χ4v) is 1.15. The van der Waals surface area contributed by atoms with E-state index in [1.54, 1.807) is 0 Å². The maximum Gasteiger partial charge on any atom is 0.0268 e. The summed E-state index contributed by atoms with van der Waals surface area (Å²) in [5.74, 6) is 0. The van der Waals surface area contributed by atoms with Gasteiger partial charge < -0.3 is 5.73 Å². The summed E-state index contributed by atoms with van der Waals surface area (Å²) < 4.78 is 0. The Hall–Kier alpha value is -0.0100. The molecular formula is C6H10ClN. The van der Waals surface area contributed by atoms with E-state index in [4.69, 9.17) is 17.3 Å². The Morgan fingerprint density at radius 3 is 2.50 bits per heavy atom. The van der Waals surface area contributed by atoms with E-state index in [1.165, 1.54) is 5.57 Å². The van der Waals surface area contributed by atoms with E-state index in [-0.39, 0.29) is 6.04 Å². The largest absolute Gasteiger partial charge is 0.324 e. The third kappa shape index (κ3) is 0.884. The summed E-state index contributed by atoms with van der Waals surface area (Å²) in [5.41, 5.74) is 6.80. The van der Waals surface area contributed by atoms with Crippen LogP contribution in [-0.2, 0) is 0 Å². The number of hydrogen-bond acceptors (Lipinski definition) is 1. The molecule has 1 aliphatic carbocycles. The molecular weight excluding hydrogens is 122 g/mol. The lowest BCUT2D eigenvalue weighted by Gasteiger charge is -1.99. The standard InChI is InChI=1S/C6H10ClN/c1-4-5(7)2-3-6(4)8/h6H,2-3,8H2,1H3. The minimum absolute atomic E-state index is 0.238. The molecule has 0 fully saturated rings. The first-order valence-electron chi connectivity index (χ1n) is 2.82. The van der Waals surface area contributed by atoms with Gasteiger partial charge in [0.1, 0.15) is 0 Å². The van der Waals surface area contributed by atoms with Crippen LogP contribution in [0.2, 0.25) is 0 Å². The van der Waals surface area contributed by atoms with Gasteiger partial charge in [0.05, 0.1) is 0 Å². The second kappa shape index (κ2) is 2.08. The number of allylic oxidation sites excluding steroid dienone is 1. The predicted molar refractivity (Wildman–Crippen MR) is 35.8 cm³/mol. The molecule has 0 bridgehead atoms. The van der Waals surface area contributed by atoms with Crippen molar-refractivity contribution in [2.75, 3.05) is 0 Å². The second-order valence-corrected chi connectivity index (χ2v) is 2.69. The fourth-order valence-electron chi connectivity index (χ4n) is 0.897. The summed E-state index contributed by atoms with van der Waals surface area (Å²) in [6.07, 6.45) is 2.01. The van der Waals surface area contributed by atoms with Crippen LogP contribution in [-0.4, -0.2) is 6.04 Å². The van der Waals surface area contributed by atoms with Crippen LogP contribution in [0.5, 0.6) is 0 Å². The molecule has 2 heteroatoms. The van der Waals surface area contributed by atoms with E-state index in [9.17, 15) is 0 Å². The molecule has 0 saturated heterocycles. The smallest absolute Gasteiger partial charge is 0.0268 e. The van der Waals surface area contributed by atoms with E-state index < -0.39 is 0 Å². The topological polar surface area (TPSA) is 26.0 Å². The quantitative estimate of drug-likeness (QED) is 0.531. The van der Waals surface area contributed by atoms with Gasteiger partial charge in [-0.25, -0.2) is 0 Å². The third-order valence-electron chi connectivity index (χ3n) is 1.66. The lowest BCUT2D eigenvalue weighted by atomic mass is 10.2. The Morgan fingerprint density at radius 1 is 1.75 bits per heavy atom. The number of hydrogen-bond donors (Lipinski definition) is 1. The van der Waals surface area contributed by atoms with Gasteiger partial charge in [-0.1, -0.05) is 11.6 Å². The fraction of sp³-hybridized carbons (Fsp3) is 0.667. The first-order valence-corrected chi connectivity index (χ1v) is 3.20. The molecule has 0 aromatic carbocycles. The zero-order chi connectivity index (χ0) is 6.15. The minimum atomic E-state index is 0.238. The molecule has 0 amide bonds. The molecule has 1 rings (SSSR count). The molecule has 46 valence electrons. The Kier molecular flexibility index (Phi) is 1.59. The van der Waals surface area contributed by atoms with Crippen molar-refractivity contribution >= 4 is 11.6 Å². The molecule has 8 heavy (non-hydrogen) atoms. The van der Waals surface area contributed by atoms with Crippen molar-refractivity contribution < 1.29 is 0 Å². The summed E-state index contributed by atoms with van der Waals surface area (Å²) in [5, 5.41) is 0.970. The molecule has 0 saturated carbocycles. The molecule has 0 aliphatic heterocycles. The van der Waals surface area contributed by atoms with E-state index in [0.717, 1.165) is 17.9 Å². The van der Waals surface area contributed by atoms with Gasteiger partial charge in [-0.3, -0.25) is 0 Å². The highest BCUT2D eigenvalue weighted by atomic mass is 35.5. The minimum Gasteiger partial charge on any atom is -0.324 e. The highest BCUT2D eigenvalue weighted by Gasteiger charge is 2.15. The van der Waals surface area contributed by atoms with Crippen LogP contribution in [0, 0.1) is 0 Å². The van der Waals surface area contributed by atoms with E-state index in [2.05, 4.69) is 0 Å². The van der Waals surface area contributed by atoms with Crippen LogP contribution < -0.4 is 5.73 Å². The van der Waals surface area contributed by atoms with Crippen LogP contribution in [0.4, 0.5) is 0 Å². The van der Waals surface area contributed by atoms with Crippen LogP contribution >= 0.6 is 11.6 Å². The van der Waals surface area contributed by atoms with Crippen LogP contribution in [0.15, 0.2) is 10.6 Å². The number of halogens is 1. The van der Waals surface area contributed by atoms with E-state index in [0.29, 0.717) is 0 Å². The number of nitrogens with two attached hydrogens (primary N) is 1. The molecule has 1 nitrogen and oxygen atoms in total. The SMILES string of the molecule is CC1=C(Cl)CCC1N. The molecule has 2 N–H and O–H groups in total. The average molecular weight is 132 g/mol. The normalized spacial score (nSPS) is 29.6. The van der Waals surface area contributed by atoms with Crippen molar-refractivity contribution in [1.29, 1.82) is 0 Å². The van der Waals surface area contributed by atoms with E-state index >= 15 is 0 Å². The molecule has 0 aromatic rings. The highest BCUT2D eigenvalue weighted by Crippen LogP contribution is 2.26. The maximum absolute atomic E-state index is 5.76. The second-order valence-electron chi connectivity index (χ2n) is 2.23. The lowest BCUT2D eigenvalue weighted by Crippen LogP contribution is -2.16. The van der Waals surface area contributed by atoms with Gasteiger partial charge in [0.15, 0.2) is 0 Å². The Morgan fingerprint density at radius 2 is 2.38 bits per heavy atom. The Bertz CT molecular complexity index is 128. The lowest BCUT2D eigenvalue weighted by molar-refractivity contribution is 0.751. The van der Waals surface area contributed by atoms with Gasteiger partial charge in [0.2, 0.25) is 0 Å². The molecule has 0 radical (unpaired) electrons.